The third-order valence-electron chi connectivity index (χ3n) is 4.00. The Kier molecular flexibility index (Phi) is 2.75. The molecule has 2 atom stereocenters. The second kappa shape index (κ2) is 4.26. The maximum absolute atomic E-state index is 12.3. The van der Waals surface area contributed by atoms with E-state index >= 15 is 0 Å². The molecule has 17 heavy (non-hydrogen) atoms. The molecule has 1 fully saturated rings. The van der Waals surface area contributed by atoms with E-state index in [-0.39, 0.29) is 18.1 Å². The normalized spacial score (nSPS) is 28.3. The van der Waals surface area contributed by atoms with Crippen LogP contribution in [0.2, 0.25) is 0 Å². The molecular formula is C15H18O2. The van der Waals surface area contributed by atoms with Crippen molar-refractivity contribution in [2.24, 2.45) is 5.92 Å². The monoisotopic (exact) mass is 230 g/mol. The summed E-state index contributed by atoms with van der Waals surface area (Å²) in [5.41, 5.74) is 2.69. The highest BCUT2D eigenvalue weighted by Gasteiger charge is 2.35. The van der Waals surface area contributed by atoms with Gasteiger partial charge in [-0.3, -0.25) is 4.79 Å². The zero-order chi connectivity index (χ0) is 11.8. The van der Waals surface area contributed by atoms with Crippen molar-refractivity contribution in [2.75, 3.05) is 0 Å². The Morgan fingerprint density at radius 3 is 2.35 bits per heavy atom. The molecule has 0 bridgehead atoms. The molecule has 0 saturated carbocycles. The Morgan fingerprint density at radius 1 is 1.18 bits per heavy atom. The van der Waals surface area contributed by atoms with Crippen molar-refractivity contribution in [3.63, 3.8) is 0 Å². The van der Waals surface area contributed by atoms with Gasteiger partial charge in [-0.25, -0.2) is 0 Å². The second-order valence-electron chi connectivity index (χ2n) is 5.29. The summed E-state index contributed by atoms with van der Waals surface area (Å²) in [4.78, 5) is 12.3. The zero-order valence-corrected chi connectivity index (χ0v) is 10.2. The predicted octanol–water partition coefficient (Wildman–Crippen LogP) is 2.54. The van der Waals surface area contributed by atoms with Crippen LogP contribution in [-0.4, -0.2) is 18.0 Å². The molecule has 0 radical (unpaired) electrons. The summed E-state index contributed by atoms with van der Waals surface area (Å²) in [6.07, 6.45) is 3.87. The van der Waals surface area contributed by atoms with Crippen molar-refractivity contribution in [3.8, 4) is 0 Å². The van der Waals surface area contributed by atoms with Crippen LogP contribution in [0.25, 0.3) is 0 Å². The van der Waals surface area contributed by atoms with Gasteiger partial charge in [-0.15, -0.1) is 0 Å². The summed E-state index contributed by atoms with van der Waals surface area (Å²) in [5, 5.41) is 0. The average Bonchev–Trinajstić information content (AvgIpc) is 2.93. The standard InChI is InChI=1S/C15H18O2/c1-10-6-7-14(17-10)15(16)13-8-11-4-2-3-5-12(11)9-13/h2-5,10,13-14H,6-9H2,1H3. The van der Waals surface area contributed by atoms with Crippen molar-refractivity contribution in [1.29, 1.82) is 0 Å². The first kappa shape index (κ1) is 11.0. The molecule has 1 saturated heterocycles. The molecule has 90 valence electrons. The third kappa shape index (κ3) is 2.02. The van der Waals surface area contributed by atoms with E-state index in [1.165, 1.54) is 11.1 Å². The lowest BCUT2D eigenvalue weighted by molar-refractivity contribution is -0.133. The zero-order valence-electron chi connectivity index (χ0n) is 10.2. The number of fused-ring (bicyclic) bond motifs is 1. The van der Waals surface area contributed by atoms with Gasteiger partial charge in [0.25, 0.3) is 0 Å². The Morgan fingerprint density at radius 2 is 1.82 bits per heavy atom. The van der Waals surface area contributed by atoms with Gasteiger partial charge in [0.1, 0.15) is 6.10 Å². The second-order valence-corrected chi connectivity index (χ2v) is 5.29. The maximum Gasteiger partial charge on any atom is 0.165 e. The Bertz CT molecular complexity index is 413. The van der Waals surface area contributed by atoms with E-state index in [1.54, 1.807) is 0 Å². The van der Waals surface area contributed by atoms with E-state index in [9.17, 15) is 4.79 Å². The van der Waals surface area contributed by atoms with Gasteiger partial charge in [0, 0.05) is 5.92 Å². The first-order valence-corrected chi connectivity index (χ1v) is 6.50. The first-order chi connectivity index (χ1) is 8.24. The molecule has 1 aromatic carbocycles. The van der Waals surface area contributed by atoms with Gasteiger partial charge in [-0.2, -0.15) is 0 Å². The summed E-state index contributed by atoms with van der Waals surface area (Å²) in [6.45, 7) is 2.05. The molecule has 2 aliphatic rings. The van der Waals surface area contributed by atoms with Gasteiger partial charge < -0.3 is 4.74 Å². The van der Waals surface area contributed by atoms with Crippen molar-refractivity contribution in [1.82, 2.24) is 0 Å². The van der Waals surface area contributed by atoms with Gasteiger partial charge in [-0.1, -0.05) is 24.3 Å². The maximum atomic E-state index is 12.3. The SMILES string of the molecule is CC1CCC(C(=O)C2Cc3ccccc3C2)O1. The van der Waals surface area contributed by atoms with Crippen LogP contribution in [0, 0.1) is 5.92 Å². The van der Waals surface area contributed by atoms with Crippen LogP contribution < -0.4 is 0 Å². The van der Waals surface area contributed by atoms with Crippen molar-refractivity contribution in [3.05, 3.63) is 35.4 Å². The summed E-state index contributed by atoms with van der Waals surface area (Å²) in [6, 6.07) is 8.39. The Hall–Kier alpha value is -1.15. The van der Waals surface area contributed by atoms with Crippen molar-refractivity contribution in [2.45, 2.75) is 44.8 Å². The van der Waals surface area contributed by atoms with E-state index in [4.69, 9.17) is 4.74 Å². The smallest absolute Gasteiger partial charge is 0.165 e. The van der Waals surface area contributed by atoms with Gasteiger partial charge in [0.2, 0.25) is 0 Å². The molecule has 1 heterocycles. The Labute approximate surface area is 102 Å². The fourth-order valence-corrected chi connectivity index (χ4v) is 3.03. The topological polar surface area (TPSA) is 26.3 Å². The van der Waals surface area contributed by atoms with Crippen molar-refractivity contribution < 1.29 is 9.53 Å². The minimum absolute atomic E-state index is 0.135. The molecule has 2 nitrogen and oxygen atoms in total. The lowest BCUT2D eigenvalue weighted by atomic mass is 9.95. The predicted molar refractivity (Wildman–Crippen MR) is 65.9 cm³/mol. The van der Waals surface area contributed by atoms with Gasteiger partial charge in [0.05, 0.1) is 6.10 Å². The molecule has 2 heteroatoms. The summed E-state index contributed by atoms with van der Waals surface area (Å²) < 4.78 is 5.68. The third-order valence-corrected chi connectivity index (χ3v) is 4.00. The quantitative estimate of drug-likeness (QED) is 0.780. The van der Waals surface area contributed by atoms with Crippen LogP contribution in [0.4, 0.5) is 0 Å². The molecule has 0 amide bonds. The van der Waals surface area contributed by atoms with Gasteiger partial charge >= 0.3 is 0 Å². The number of carbonyl (C=O) groups is 1. The number of hydrogen-bond acceptors (Lipinski definition) is 2. The number of rotatable bonds is 2. The number of carbonyl (C=O) groups excluding carboxylic acids is 1. The molecule has 3 rings (SSSR count). The minimum atomic E-state index is -0.135. The fraction of sp³-hybridized carbons (Fsp3) is 0.533. The molecule has 1 aliphatic carbocycles. The van der Waals surface area contributed by atoms with E-state index < -0.39 is 0 Å². The largest absolute Gasteiger partial charge is 0.367 e. The van der Waals surface area contributed by atoms with Crippen LogP contribution >= 0.6 is 0 Å². The number of ether oxygens (including phenoxy) is 1. The lowest BCUT2D eigenvalue weighted by Gasteiger charge is -2.14. The Balaban J connectivity index is 1.70. The highest BCUT2D eigenvalue weighted by Crippen LogP contribution is 2.31. The van der Waals surface area contributed by atoms with E-state index in [2.05, 4.69) is 31.2 Å². The highest BCUT2D eigenvalue weighted by molar-refractivity contribution is 5.87. The minimum Gasteiger partial charge on any atom is -0.367 e. The molecule has 0 spiro atoms. The summed E-state index contributed by atoms with van der Waals surface area (Å²) >= 11 is 0. The first-order valence-electron chi connectivity index (χ1n) is 6.50. The lowest BCUT2D eigenvalue weighted by Crippen LogP contribution is -2.28. The van der Waals surface area contributed by atoms with Crippen molar-refractivity contribution >= 4 is 5.78 Å². The highest BCUT2D eigenvalue weighted by atomic mass is 16.5. The fourth-order valence-electron chi connectivity index (χ4n) is 3.03. The van der Waals surface area contributed by atoms with Crippen LogP contribution in [0.3, 0.4) is 0 Å². The summed E-state index contributed by atoms with van der Waals surface area (Å²) in [7, 11) is 0. The van der Waals surface area contributed by atoms with E-state index in [0.29, 0.717) is 5.78 Å². The molecule has 1 aromatic rings. The van der Waals surface area contributed by atoms with E-state index in [0.717, 1.165) is 25.7 Å². The molecule has 2 unspecified atom stereocenters. The van der Waals surface area contributed by atoms with Crippen LogP contribution in [0.15, 0.2) is 24.3 Å². The van der Waals surface area contributed by atoms with Gasteiger partial charge in [-0.05, 0) is 43.7 Å². The molecule has 1 aliphatic heterocycles. The average molecular weight is 230 g/mol. The number of ketones is 1. The summed E-state index contributed by atoms with van der Waals surface area (Å²) in [5.74, 6) is 0.480. The van der Waals surface area contributed by atoms with E-state index in [1.807, 2.05) is 0 Å². The van der Waals surface area contributed by atoms with Crippen LogP contribution in [0.5, 0.6) is 0 Å². The molecular weight excluding hydrogens is 212 g/mol. The number of benzene rings is 1. The van der Waals surface area contributed by atoms with Gasteiger partial charge in [0.15, 0.2) is 5.78 Å². The van der Waals surface area contributed by atoms with Crippen LogP contribution in [0.1, 0.15) is 30.9 Å². The molecule has 0 N–H and O–H groups in total. The number of hydrogen-bond donors (Lipinski definition) is 0. The molecule has 0 aromatic heterocycles. The van der Waals surface area contributed by atoms with Crippen LogP contribution in [-0.2, 0) is 22.4 Å². The number of Topliss-reactive ketones (excluding diaryl/α,β-unsaturated/α-hetero) is 1.